The van der Waals surface area contributed by atoms with Crippen molar-refractivity contribution in [3.63, 3.8) is 0 Å². The Morgan fingerprint density at radius 3 is 2.72 bits per heavy atom. The molecule has 0 unspecified atom stereocenters. The third-order valence-corrected chi connectivity index (χ3v) is 2.83. The van der Waals surface area contributed by atoms with Crippen LogP contribution in [0.2, 0.25) is 0 Å². The van der Waals surface area contributed by atoms with Gasteiger partial charge in [-0.25, -0.2) is 0 Å². The van der Waals surface area contributed by atoms with E-state index in [1.54, 1.807) is 0 Å². The number of hydrogen-bond acceptors (Lipinski definition) is 2. The van der Waals surface area contributed by atoms with Gasteiger partial charge in [0.2, 0.25) is 0 Å². The number of hydrogen-bond donors (Lipinski definition) is 0. The van der Waals surface area contributed by atoms with Gasteiger partial charge in [-0.2, -0.15) is 0 Å². The summed E-state index contributed by atoms with van der Waals surface area (Å²) in [5.74, 6) is 0.518. The summed E-state index contributed by atoms with van der Waals surface area (Å²) in [4.78, 5) is 10.4. The zero-order chi connectivity index (χ0) is 13.2. The molecule has 0 spiro atoms. The molecule has 2 nitrogen and oxygen atoms in total. The molecule has 0 N–H and O–H groups in total. The maximum absolute atomic E-state index is 10.4. The summed E-state index contributed by atoms with van der Waals surface area (Å²) in [5.41, 5.74) is 2.02. The highest BCUT2D eigenvalue weighted by Gasteiger charge is 2.01. The molecule has 98 valence electrons. The van der Waals surface area contributed by atoms with E-state index in [1.165, 1.54) is 5.56 Å². The van der Waals surface area contributed by atoms with Crippen LogP contribution in [0.4, 0.5) is 0 Å². The minimum absolute atomic E-state index is 0.518. The van der Waals surface area contributed by atoms with Crippen LogP contribution in [0.1, 0.15) is 32.3 Å². The second-order valence-corrected chi connectivity index (χ2v) is 4.75. The molecule has 0 bridgehead atoms. The maximum Gasteiger partial charge on any atom is 0.145 e. The number of aldehydes is 1. The molecule has 0 aliphatic carbocycles. The predicted molar refractivity (Wildman–Crippen MR) is 74.3 cm³/mol. The Labute approximate surface area is 110 Å². The van der Waals surface area contributed by atoms with E-state index in [-0.39, 0.29) is 0 Å². The van der Waals surface area contributed by atoms with Crippen LogP contribution in [-0.2, 0) is 16.1 Å². The van der Waals surface area contributed by atoms with Crippen LogP contribution >= 0.6 is 0 Å². The van der Waals surface area contributed by atoms with E-state index >= 15 is 0 Å². The monoisotopic (exact) mass is 246 g/mol. The summed E-state index contributed by atoms with van der Waals surface area (Å²) in [5, 5.41) is 0. The first kappa shape index (κ1) is 14.7. The molecule has 18 heavy (non-hydrogen) atoms. The smallest absolute Gasteiger partial charge is 0.145 e. The van der Waals surface area contributed by atoms with Crippen molar-refractivity contribution in [3.8, 4) is 0 Å². The first-order valence-electron chi connectivity index (χ1n) is 6.46. The van der Waals surface area contributed by atoms with Gasteiger partial charge in [0.25, 0.3) is 0 Å². The predicted octanol–water partition coefficient (Wildman–Crippen LogP) is 3.76. The number of rotatable bonds is 8. The summed E-state index contributed by atoms with van der Waals surface area (Å²) >= 11 is 0. The minimum Gasteiger partial charge on any atom is -0.376 e. The quantitative estimate of drug-likeness (QED) is 0.515. The topological polar surface area (TPSA) is 26.3 Å². The van der Waals surface area contributed by atoms with Crippen molar-refractivity contribution in [1.29, 1.82) is 0 Å². The van der Waals surface area contributed by atoms with Crippen LogP contribution in [0.25, 0.3) is 0 Å². The lowest BCUT2D eigenvalue weighted by atomic mass is 10.1. The molecule has 0 aromatic heterocycles. The Morgan fingerprint density at radius 2 is 2.06 bits per heavy atom. The van der Waals surface area contributed by atoms with Crippen molar-refractivity contribution in [2.45, 2.75) is 33.3 Å². The van der Waals surface area contributed by atoms with Gasteiger partial charge in [-0.3, -0.25) is 4.79 Å². The van der Waals surface area contributed by atoms with E-state index in [9.17, 15) is 4.79 Å². The second-order valence-electron chi connectivity index (χ2n) is 4.75. The molecule has 0 amide bonds. The largest absolute Gasteiger partial charge is 0.376 e. The number of allylic oxidation sites excluding steroid dienone is 2. The Balaban J connectivity index is 2.14. The molecule has 1 aromatic carbocycles. The summed E-state index contributed by atoms with van der Waals surface area (Å²) in [6, 6.07) is 10.2. The normalized spacial score (nSPS) is 13.3. The van der Waals surface area contributed by atoms with E-state index in [2.05, 4.69) is 19.1 Å². The zero-order valence-electron chi connectivity index (χ0n) is 11.3. The average molecular weight is 246 g/mol. The Bertz CT molecular complexity index is 368. The first-order chi connectivity index (χ1) is 8.72. The zero-order valence-corrected chi connectivity index (χ0v) is 11.3. The molecule has 1 rings (SSSR count). The standard InChI is InChI=1S/C16H22O2/c1-14(11-17)7-6-8-15(2)12-18-13-16-9-4-3-5-10-16/h3-5,7,9-11,15H,6,8,12-13H2,1-2H3/b14-7+/t15-/m0/s1. The van der Waals surface area contributed by atoms with Gasteiger partial charge >= 0.3 is 0 Å². The third-order valence-electron chi connectivity index (χ3n) is 2.83. The van der Waals surface area contributed by atoms with Crippen molar-refractivity contribution in [1.82, 2.24) is 0 Å². The van der Waals surface area contributed by atoms with E-state index in [0.717, 1.165) is 31.3 Å². The van der Waals surface area contributed by atoms with Crippen molar-refractivity contribution < 1.29 is 9.53 Å². The van der Waals surface area contributed by atoms with Crippen LogP contribution in [0, 0.1) is 5.92 Å². The summed E-state index contributed by atoms with van der Waals surface area (Å²) < 4.78 is 5.68. The molecule has 2 heteroatoms. The lowest BCUT2D eigenvalue weighted by Gasteiger charge is -2.11. The fourth-order valence-corrected chi connectivity index (χ4v) is 1.68. The summed E-state index contributed by atoms with van der Waals surface area (Å²) in [6.45, 7) is 5.45. The van der Waals surface area contributed by atoms with Crippen molar-refractivity contribution in [2.75, 3.05) is 6.61 Å². The highest BCUT2D eigenvalue weighted by Crippen LogP contribution is 2.09. The molecular formula is C16H22O2. The van der Waals surface area contributed by atoms with Crippen LogP contribution in [0.3, 0.4) is 0 Å². The molecule has 1 aromatic rings. The first-order valence-corrected chi connectivity index (χ1v) is 6.46. The van der Waals surface area contributed by atoms with Gasteiger partial charge < -0.3 is 4.74 Å². The number of carbonyl (C=O) groups excluding carboxylic acids is 1. The molecule has 1 atom stereocenters. The van der Waals surface area contributed by atoms with Crippen LogP contribution in [0.5, 0.6) is 0 Å². The van der Waals surface area contributed by atoms with Crippen LogP contribution < -0.4 is 0 Å². The SMILES string of the molecule is C/C(C=O)=C\CC[C@H](C)COCc1ccccc1. The summed E-state index contributed by atoms with van der Waals surface area (Å²) in [6.07, 6.45) is 4.89. The van der Waals surface area contributed by atoms with Crippen LogP contribution in [-0.4, -0.2) is 12.9 Å². The number of ether oxygens (including phenoxy) is 1. The Hall–Kier alpha value is -1.41. The van der Waals surface area contributed by atoms with Gasteiger partial charge in [0.05, 0.1) is 6.61 Å². The van der Waals surface area contributed by atoms with Crippen molar-refractivity contribution >= 4 is 6.29 Å². The minimum atomic E-state index is 0.518. The van der Waals surface area contributed by atoms with Crippen molar-refractivity contribution in [2.24, 2.45) is 5.92 Å². The van der Waals surface area contributed by atoms with E-state index in [0.29, 0.717) is 12.5 Å². The van der Waals surface area contributed by atoms with Gasteiger partial charge in [-0.15, -0.1) is 0 Å². The maximum atomic E-state index is 10.4. The van der Waals surface area contributed by atoms with E-state index < -0.39 is 0 Å². The molecule has 0 aliphatic rings. The summed E-state index contributed by atoms with van der Waals surface area (Å²) in [7, 11) is 0. The lowest BCUT2D eigenvalue weighted by molar-refractivity contribution is -0.104. The average Bonchev–Trinajstić information content (AvgIpc) is 2.39. The van der Waals surface area contributed by atoms with Gasteiger partial charge in [-0.1, -0.05) is 43.3 Å². The molecule has 0 aliphatic heterocycles. The molecule has 0 fully saturated rings. The highest BCUT2D eigenvalue weighted by molar-refractivity contribution is 5.71. The fraction of sp³-hybridized carbons (Fsp3) is 0.438. The van der Waals surface area contributed by atoms with Gasteiger partial charge in [0.15, 0.2) is 0 Å². The molecule has 0 saturated carbocycles. The Morgan fingerprint density at radius 1 is 1.33 bits per heavy atom. The molecule has 0 radical (unpaired) electrons. The van der Waals surface area contributed by atoms with Crippen molar-refractivity contribution in [3.05, 3.63) is 47.5 Å². The third kappa shape index (κ3) is 6.36. The second kappa shape index (κ2) is 8.65. The van der Waals surface area contributed by atoms with Gasteiger partial charge in [0.1, 0.15) is 6.29 Å². The molecule has 0 saturated heterocycles. The highest BCUT2D eigenvalue weighted by atomic mass is 16.5. The van der Waals surface area contributed by atoms with Gasteiger partial charge in [-0.05, 0) is 36.8 Å². The van der Waals surface area contributed by atoms with Crippen LogP contribution in [0.15, 0.2) is 42.0 Å². The molecule has 0 heterocycles. The van der Waals surface area contributed by atoms with E-state index in [1.807, 2.05) is 31.2 Å². The van der Waals surface area contributed by atoms with E-state index in [4.69, 9.17) is 4.74 Å². The lowest BCUT2D eigenvalue weighted by Crippen LogP contribution is -2.05. The Kier molecular flexibility index (Phi) is 7.04. The number of carbonyl (C=O) groups is 1. The number of benzene rings is 1. The fourth-order valence-electron chi connectivity index (χ4n) is 1.68. The molecular weight excluding hydrogens is 224 g/mol. The van der Waals surface area contributed by atoms with Gasteiger partial charge in [0, 0.05) is 6.61 Å².